The molecule has 4 nitrogen and oxygen atoms in total. The number of aromatic nitrogens is 2. The Morgan fingerprint density at radius 3 is 2.40 bits per heavy atom. The predicted octanol–water partition coefficient (Wildman–Crippen LogP) is 2.92. The number of benzene rings is 2. The summed E-state index contributed by atoms with van der Waals surface area (Å²) in [7, 11) is 0. The molecule has 3 rings (SSSR count). The Morgan fingerprint density at radius 2 is 1.65 bits per heavy atom. The maximum Gasteiger partial charge on any atom is 0.250 e. The number of hydrogen-bond donors (Lipinski definition) is 1. The minimum Gasteiger partial charge on any atom is -0.418 e. The predicted molar refractivity (Wildman–Crippen MR) is 72.2 cm³/mol. The third-order valence-corrected chi connectivity index (χ3v) is 2.97. The molecule has 0 aliphatic carbocycles. The highest BCUT2D eigenvalue weighted by Gasteiger charge is 2.18. The van der Waals surface area contributed by atoms with E-state index in [4.69, 9.17) is 10.2 Å². The normalized spacial score (nSPS) is 12.3. The van der Waals surface area contributed by atoms with Crippen LogP contribution in [0.1, 0.15) is 17.5 Å². The molecule has 0 aliphatic rings. The fraction of sp³-hybridized carbons (Fsp3) is 0.0667. The van der Waals surface area contributed by atoms with Gasteiger partial charge in [0.05, 0.1) is 5.56 Å². The zero-order chi connectivity index (χ0) is 13.9. The molecule has 100 valence electrons. The number of hydrogen-bond acceptors (Lipinski definition) is 4. The lowest BCUT2D eigenvalue weighted by molar-refractivity contribution is 0.481. The fourth-order valence-corrected chi connectivity index (χ4v) is 1.91. The molecule has 1 aromatic heterocycles. The highest BCUT2D eigenvalue weighted by atomic mass is 19.1. The summed E-state index contributed by atoms with van der Waals surface area (Å²) in [5.74, 6) is -0.0186. The molecule has 0 bridgehead atoms. The lowest BCUT2D eigenvalue weighted by Gasteiger charge is -2.06. The van der Waals surface area contributed by atoms with E-state index in [1.54, 1.807) is 18.2 Å². The Bertz CT molecular complexity index is 712. The second-order valence-electron chi connectivity index (χ2n) is 4.31. The minimum atomic E-state index is -0.524. The molecule has 20 heavy (non-hydrogen) atoms. The molecule has 0 spiro atoms. The number of halogens is 1. The van der Waals surface area contributed by atoms with Crippen molar-refractivity contribution in [3.63, 3.8) is 0 Å². The maximum absolute atomic E-state index is 13.6. The maximum atomic E-state index is 13.6. The Morgan fingerprint density at radius 1 is 0.950 bits per heavy atom. The van der Waals surface area contributed by atoms with Crippen LogP contribution in [0.3, 0.4) is 0 Å². The van der Waals surface area contributed by atoms with Gasteiger partial charge in [-0.2, -0.15) is 0 Å². The van der Waals surface area contributed by atoms with Crippen LogP contribution in [0.5, 0.6) is 0 Å². The summed E-state index contributed by atoms with van der Waals surface area (Å²) in [4.78, 5) is 0. The lowest BCUT2D eigenvalue weighted by atomic mass is 10.1. The van der Waals surface area contributed by atoms with E-state index in [-0.39, 0.29) is 17.3 Å². The first-order chi connectivity index (χ1) is 9.75. The van der Waals surface area contributed by atoms with Crippen LogP contribution in [0.2, 0.25) is 0 Å². The van der Waals surface area contributed by atoms with E-state index in [1.165, 1.54) is 6.07 Å². The third-order valence-electron chi connectivity index (χ3n) is 2.97. The van der Waals surface area contributed by atoms with Gasteiger partial charge >= 0.3 is 0 Å². The number of nitrogens with two attached hydrogens (primary N) is 1. The molecule has 5 heteroatoms. The van der Waals surface area contributed by atoms with Gasteiger partial charge in [0, 0.05) is 0 Å². The van der Waals surface area contributed by atoms with Gasteiger partial charge in [0.2, 0.25) is 5.89 Å². The van der Waals surface area contributed by atoms with Crippen LogP contribution < -0.4 is 5.73 Å². The Balaban J connectivity index is 1.93. The molecule has 0 radical (unpaired) electrons. The average Bonchev–Trinajstić information content (AvgIpc) is 2.97. The largest absolute Gasteiger partial charge is 0.418 e. The summed E-state index contributed by atoms with van der Waals surface area (Å²) >= 11 is 0. The molecule has 0 aliphatic heterocycles. The van der Waals surface area contributed by atoms with Crippen molar-refractivity contribution < 1.29 is 8.81 Å². The molecule has 0 fully saturated rings. The SMILES string of the molecule is NC(c1ccccc1)c1nnc(-c2ccccc2F)o1. The lowest BCUT2D eigenvalue weighted by Crippen LogP contribution is -2.11. The van der Waals surface area contributed by atoms with E-state index in [1.807, 2.05) is 30.3 Å². The molecule has 1 atom stereocenters. The number of nitrogens with zero attached hydrogens (tertiary/aromatic N) is 2. The van der Waals surface area contributed by atoms with Crippen LogP contribution in [-0.2, 0) is 0 Å². The molecule has 2 N–H and O–H groups in total. The molecule has 3 aromatic rings. The molecule has 0 saturated carbocycles. The van der Waals surface area contributed by atoms with Crippen molar-refractivity contribution in [1.82, 2.24) is 10.2 Å². The first kappa shape index (κ1) is 12.5. The summed E-state index contributed by atoms with van der Waals surface area (Å²) in [6.07, 6.45) is 0. The highest BCUT2D eigenvalue weighted by Crippen LogP contribution is 2.24. The summed E-state index contributed by atoms with van der Waals surface area (Å²) < 4.78 is 19.1. The van der Waals surface area contributed by atoms with Gasteiger partial charge in [-0.3, -0.25) is 0 Å². The van der Waals surface area contributed by atoms with Crippen molar-refractivity contribution in [2.24, 2.45) is 5.73 Å². The van der Waals surface area contributed by atoms with E-state index >= 15 is 0 Å². The zero-order valence-electron chi connectivity index (χ0n) is 10.5. The quantitative estimate of drug-likeness (QED) is 0.794. The van der Waals surface area contributed by atoms with E-state index in [0.717, 1.165) is 5.56 Å². The van der Waals surface area contributed by atoms with E-state index < -0.39 is 11.9 Å². The standard InChI is InChI=1S/C15H12FN3O/c16-12-9-5-4-8-11(12)14-18-19-15(20-14)13(17)10-6-2-1-3-7-10/h1-9,13H,17H2. The third kappa shape index (κ3) is 2.31. The molecule has 0 amide bonds. The van der Waals surface area contributed by atoms with Crippen molar-refractivity contribution in [2.75, 3.05) is 0 Å². The van der Waals surface area contributed by atoms with Crippen molar-refractivity contribution in [3.05, 3.63) is 71.9 Å². The van der Waals surface area contributed by atoms with Crippen LogP contribution in [0.4, 0.5) is 4.39 Å². The smallest absolute Gasteiger partial charge is 0.250 e. The van der Waals surface area contributed by atoms with Crippen molar-refractivity contribution in [1.29, 1.82) is 0 Å². The van der Waals surface area contributed by atoms with Crippen LogP contribution in [0.15, 0.2) is 59.0 Å². The topological polar surface area (TPSA) is 64.9 Å². The average molecular weight is 269 g/mol. The Labute approximate surface area is 115 Å². The first-order valence-corrected chi connectivity index (χ1v) is 6.14. The van der Waals surface area contributed by atoms with E-state index in [9.17, 15) is 4.39 Å². The van der Waals surface area contributed by atoms with Crippen molar-refractivity contribution in [2.45, 2.75) is 6.04 Å². The zero-order valence-corrected chi connectivity index (χ0v) is 10.5. The Hall–Kier alpha value is -2.53. The van der Waals surface area contributed by atoms with Gasteiger partial charge in [0.25, 0.3) is 5.89 Å². The monoisotopic (exact) mass is 269 g/mol. The van der Waals surface area contributed by atoms with E-state index in [0.29, 0.717) is 0 Å². The van der Waals surface area contributed by atoms with Crippen molar-refractivity contribution >= 4 is 0 Å². The molecule has 1 heterocycles. The number of rotatable bonds is 3. The van der Waals surface area contributed by atoms with Crippen LogP contribution in [0.25, 0.3) is 11.5 Å². The Kier molecular flexibility index (Phi) is 3.26. The van der Waals surface area contributed by atoms with Crippen LogP contribution in [0, 0.1) is 5.82 Å². The van der Waals surface area contributed by atoms with Gasteiger partial charge in [-0.1, -0.05) is 42.5 Å². The second kappa shape index (κ2) is 5.22. The van der Waals surface area contributed by atoms with Gasteiger partial charge in [0.15, 0.2) is 0 Å². The first-order valence-electron chi connectivity index (χ1n) is 6.14. The van der Waals surface area contributed by atoms with Gasteiger partial charge in [-0.15, -0.1) is 10.2 Å². The van der Waals surface area contributed by atoms with Crippen LogP contribution >= 0.6 is 0 Å². The fourth-order valence-electron chi connectivity index (χ4n) is 1.91. The summed E-state index contributed by atoms with van der Waals surface area (Å²) in [6.45, 7) is 0. The minimum absolute atomic E-state index is 0.129. The summed E-state index contributed by atoms with van der Waals surface area (Å²) in [5.41, 5.74) is 7.18. The molecule has 0 saturated heterocycles. The van der Waals surface area contributed by atoms with Gasteiger partial charge in [0.1, 0.15) is 11.9 Å². The molecule has 1 unspecified atom stereocenters. The highest BCUT2D eigenvalue weighted by molar-refractivity contribution is 5.53. The van der Waals surface area contributed by atoms with Gasteiger partial charge in [-0.05, 0) is 17.7 Å². The van der Waals surface area contributed by atoms with Gasteiger partial charge in [-0.25, -0.2) is 4.39 Å². The van der Waals surface area contributed by atoms with Crippen molar-refractivity contribution in [3.8, 4) is 11.5 Å². The van der Waals surface area contributed by atoms with Crippen LogP contribution in [-0.4, -0.2) is 10.2 Å². The molecular weight excluding hydrogens is 257 g/mol. The molecule has 2 aromatic carbocycles. The van der Waals surface area contributed by atoms with E-state index in [2.05, 4.69) is 10.2 Å². The molecular formula is C15H12FN3O. The van der Waals surface area contributed by atoms with Gasteiger partial charge < -0.3 is 10.2 Å². The second-order valence-corrected chi connectivity index (χ2v) is 4.31. The summed E-state index contributed by atoms with van der Waals surface area (Å²) in [6, 6.07) is 15.1. The summed E-state index contributed by atoms with van der Waals surface area (Å²) in [5, 5.41) is 7.76.